The van der Waals surface area contributed by atoms with Crippen LogP contribution in [0.1, 0.15) is 38.1 Å². The van der Waals surface area contributed by atoms with Gasteiger partial charge in [-0.2, -0.15) is 0 Å². The molecule has 4 N–H and O–H groups in total. The average Bonchev–Trinajstić information content (AvgIpc) is 2.26. The first-order chi connectivity index (χ1) is 8.33. The number of carbonyl (C=O) groups excluding carboxylic acids is 1. The number of anilines is 2. The minimum atomic E-state index is -0.0911. The number of hydrogen-bond donors (Lipinski definition) is 3. The zero-order chi connectivity index (χ0) is 13.8. The minimum Gasteiger partial charge on any atom is -0.397 e. The third kappa shape index (κ3) is 4.28. The quantitative estimate of drug-likeness (QED) is 0.718. The summed E-state index contributed by atoms with van der Waals surface area (Å²) in [7, 11) is 0. The maximum atomic E-state index is 11.6. The number of carbonyl (C=O) groups is 1. The van der Waals surface area contributed by atoms with Crippen LogP contribution >= 0.6 is 0 Å². The van der Waals surface area contributed by atoms with E-state index >= 15 is 0 Å². The van der Waals surface area contributed by atoms with E-state index in [1.807, 2.05) is 13.0 Å². The monoisotopic (exact) mass is 249 g/mol. The molecule has 100 valence electrons. The van der Waals surface area contributed by atoms with E-state index in [-0.39, 0.29) is 11.3 Å². The molecule has 1 aromatic carbocycles. The highest BCUT2D eigenvalue weighted by Crippen LogP contribution is 2.22. The van der Waals surface area contributed by atoms with Gasteiger partial charge in [-0.05, 0) is 30.5 Å². The van der Waals surface area contributed by atoms with Gasteiger partial charge in [0.1, 0.15) is 0 Å². The lowest BCUT2D eigenvalue weighted by Gasteiger charge is -2.20. The molecule has 0 unspecified atom stereocenters. The smallest absolute Gasteiger partial charge is 0.251 e. The van der Waals surface area contributed by atoms with Gasteiger partial charge in [-0.15, -0.1) is 0 Å². The molecule has 0 bridgehead atoms. The number of nitrogens with two attached hydrogens (primary N) is 1. The topological polar surface area (TPSA) is 67.2 Å². The molecule has 1 rings (SSSR count). The molecule has 4 nitrogen and oxygen atoms in total. The lowest BCUT2D eigenvalue weighted by atomic mass is 9.97. The number of nitrogens with one attached hydrogen (secondary N) is 2. The summed E-state index contributed by atoms with van der Waals surface area (Å²) in [6.07, 6.45) is 0. The van der Waals surface area contributed by atoms with E-state index in [2.05, 4.69) is 31.4 Å². The highest BCUT2D eigenvalue weighted by atomic mass is 16.1. The lowest BCUT2D eigenvalue weighted by molar-refractivity contribution is 0.0956. The van der Waals surface area contributed by atoms with E-state index in [0.29, 0.717) is 17.8 Å². The summed E-state index contributed by atoms with van der Waals surface area (Å²) in [5.41, 5.74) is 8.19. The zero-order valence-electron chi connectivity index (χ0n) is 11.6. The maximum absolute atomic E-state index is 11.6. The molecule has 0 fully saturated rings. The maximum Gasteiger partial charge on any atom is 0.251 e. The van der Waals surface area contributed by atoms with Crippen LogP contribution in [0.2, 0.25) is 0 Å². The Morgan fingerprint density at radius 2 is 2.00 bits per heavy atom. The number of hydrogen-bond acceptors (Lipinski definition) is 3. The Morgan fingerprint density at radius 3 is 2.50 bits per heavy atom. The highest BCUT2D eigenvalue weighted by Gasteiger charge is 2.11. The van der Waals surface area contributed by atoms with Gasteiger partial charge in [0.05, 0.1) is 11.4 Å². The summed E-state index contributed by atoms with van der Waals surface area (Å²) >= 11 is 0. The van der Waals surface area contributed by atoms with E-state index in [4.69, 9.17) is 5.73 Å². The van der Waals surface area contributed by atoms with Crippen LogP contribution in [0.4, 0.5) is 11.4 Å². The van der Waals surface area contributed by atoms with Gasteiger partial charge >= 0.3 is 0 Å². The van der Waals surface area contributed by atoms with Gasteiger partial charge in [-0.3, -0.25) is 4.79 Å². The summed E-state index contributed by atoms with van der Waals surface area (Å²) in [4.78, 5) is 11.6. The van der Waals surface area contributed by atoms with Crippen LogP contribution in [0, 0.1) is 5.41 Å². The lowest BCUT2D eigenvalue weighted by Crippen LogP contribution is -2.23. The normalized spacial score (nSPS) is 11.1. The van der Waals surface area contributed by atoms with Crippen molar-refractivity contribution in [3.63, 3.8) is 0 Å². The highest BCUT2D eigenvalue weighted by molar-refractivity contribution is 5.96. The van der Waals surface area contributed by atoms with Gasteiger partial charge in [-0.25, -0.2) is 0 Å². The largest absolute Gasteiger partial charge is 0.397 e. The Balaban J connectivity index is 2.77. The van der Waals surface area contributed by atoms with Crippen LogP contribution < -0.4 is 16.4 Å². The van der Waals surface area contributed by atoms with Crippen molar-refractivity contribution in [1.82, 2.24) is 5.32 Å². The first kappa shape index (κ1) is 14.4. The predicted molar refractivity (Wildman–Crippen MR) is 76.8 cm³/mol. The van der Waals surface area contributed by atoms with E-state index in [1.54, 1.807) is 12.1 Å². The Morgan fingerprint density at radius 1 is 1.33 bits per heavy atom. The molecule has 0 atom stereocenters. The SMILES string of the molecule is CCNC(=O)c1ccc(NCC(C)(C)C)c(N)c1. The summed E-state index contributed by atoms with van der Waals surface area (Å²) in [6, 6.07) is 5.34. The third-order valence-corrected chi connectivity index (χ3v) is 2.46. The van der Waals surface area contributed by atoms with Crippen molar-refractivity contribution < 1.29 is 4.79 Å². The summed E-state index contributed by atoms with van der Waals surface area (Å²) in [6.45, 7) is 9.79. The molecule has 0 saturated carbocycles. The Kier molecular flexibility index (Phi) is 4.59. The molecule has 0 aliphatic rings. The number of nitrogen functional groups attached to an aromatic ring is 1. The van der Waals surface area contributed by atoms with Crippen molar-refractivity contribution in [3.05, 3.63) is 23.8 Å². The Bertz CT molecular complexity index is 422. The fourth-order valence-electron chi connectivity index (χ4n) is 1.49. The molecular weight excluding hydrogens is 226 g/mol. The van der Waals surface area contributed by atoms with Crippen molar-refractivity contribution in [2.45, 2.75) is 27.7 Å². The van der Waals surface area contributed by atoms with E-state index in [1.165, 1.54) is 0 Å². The van der Waals surface area contributed by atoms with Gasteiger partial charge in [0.2, 0.25) is 0 Å². The van der Waals surface area contributed by atoms with Gasteiger partial charge in [0.15, 0.2) is 0 Å². The third-order valence-electron chi connectivity index (χ3n) is 2.46. The Hall–Kier alpha value is -1.71. The second-order valence-corrected chi connectivity index (χ2v) is 5.58. The Labute approximate surface area is 109 Å². The van der Waals surface area contributed by atoms with E-state index in [9.17, 15) is 4.79 Å². The van der Waals surface area contributed by atoms with Crippen molar-refractivity contribution in [1.29, 1.82) is 0 Å². The van der Waals surface area contributed by atoms with Crippen molar-refractivity contribution in [2.75, 3.05) is 24.1 Å². The molecule has 1 aromatic rings. The van der Waals surface area contributed by atoms with E-state index < -0.39 is 0 Å². The van der Waals surface area contributed by atoms with Gasteiger partial charge in [0, 0.05) is 18.7 Å². The second kappa shape index (κ2) is 5.76. The van der Waals surface area contributed by atoms with Crippen LogP contribution in [-0.2, 0) is 0 Å². The molecule has 0 aliphatic heterocycles. The molecule has 0 saturated heterocycles. The molecule has 0 spiro atoms. The van der Waals surface area contributed by atoms with Crippen LogP contribution in [0.25, 0.3) is 0 Å². The predicted octanol–water partition coefficient (Wildman–Crippen LogP) is 2.48. The first-order valence-electron chi connectivity index (χ1n) is 6.25. The van der Waals surface area contributed by atoms with Crippen LogP contribution in [0.15, 0.2) is 18.2 Å². The van der Waals surface area contributed by atoms with Gasteiger partial charge in [-0.1, -0.05) is 20.8 Å². The number of rotatable bonds is 4. The standard InChI is InChI=1S/C14H23N3O/c1-5-16-13(18)10-6-7-12(11(15)8-10)17-9-14(2,3)4/h6-8,17H,5,9,15H2,1-4H3,(H,16,18). The van der Waals surface area contributed by atoms with Crippen molar-refractivity contribution in [2.24, 2.45) is 5.41 Å². The summed E-state index contributed by atoms with van der Waals surface area (Å²) < 4.78 is 0. The molecular formula is C14H23N3O. The van der Waals surface area contributed by atoms with Crippen molar-refractivity contribution in [3.8, 4) is 0 Å². The molecule has 0 radical (unpaired) electrons. The van der Waals surface area contributed by atoms with Crippen molar-refractivity contribution >= 4 is 17.3 Å². The summed E-state index contributed by atoms with van der Waals surface area (Å²) in [5, 5.41) is 6.04. The average molecular weight is 249 g/mol. The number of amides is 1. The molecule has 0 heterocycles. The van der Waals surface area contributed by atoms with E-state index in [0.717, 1.165) is 12.2 Å². The molecule has 1 amide bonds. The van der Waals surface area contributed by atoms with Crippen LogP contribution in [0.3, 0.4) is 0 Å². The fraction of sp³-hybridized carbons (Fsp3) is 0.500. The zero-order valence-corrected chi connectivity index (χ0v) is 11.6. The minimum absolute atomic E-state index is 0.0911. The molecule has 0 aromatic heterocycles. The molecule has 4 heteroatoms. The van der Waals surface area contributed by atoms with Crippen LogP contribution in [-0.4, -0.2) is 19.0 Å². The van der Waals surface area contributed by atoms with Crippen LogP contribution in [0.5, 0.6) is 0 Å². The molecule has 0 aliphatic carbocycles. The summed E-state index contributed by atoms with van der Waals surface area (Å²) in [5.74, 6) is -0.0911. The van der Waals surface area contributed by atoms with Gasteiger partial charge in [0.25, 0.3) is 5.91 Å². The molecule has 18 heavy (non-hydrogen) atoms. The first-order valence-corrected chi connectivity index (χ1v) is 6.25. The second-order valence-electron chi connectivity index (χ2n) is 5.58. The van der Waals surface area contributed by atoms with Gasteiger partial charge < -0.3 is 16.4 Å². The number of benzene rings is 1. The fourth-order valence-corrected chi connectivity index (χ4v) is 1.49.